The molecule has 0 aromatic heterocycles. The SMILES string of the molecule is CCOP(=O)(OCC)C1=C[C@@H](OC(CC)CC)[C@H](NC(C)=O)[C@@H](N=[N+]=[N-])C1. The van der Waals surface area contributed by atoms with Gasteiger partial charge in [0.05, 0.1) is 37.5 Å². The van der Waals surface area contributed by atoms with Crippen molar-refractivity contribution in [2.24, 2.45) is 5.11 Å². The fourth-order valence-corrected chi connectivity index (χ4v) is 4.91. The molecule has 0 unspecified atom stereocenters. The van der Waals surface area contributed by atoms with E-state index in [-0.39, 0.29) is 31.6 Å². The molecule has 0 aromatic carbocycles. The molecule has 0 heterocycles. The normalized spacial score (nSPS) is 22.9. The highest BCUT2D eigenvalue weighted by Crippen LogP contribution is 2.59. The van der Waals surface area contributed by atoms with Crippen LogP contribution in [0.1, 0.15) is 53.9 Å². The number of nitrogens with one attached hydrogen (secondary N) is 1. The molecule has 0 bridgehead atoms. The molecular weight excluding hydrogens is 371 g/mol. The molecule has 10 heteroatoms. The fourth-order valence-electron chi connectivity index (χ4n) is 3.09. The van der Waals surface area contributed by atoms with Gasteiger partial charge in [-0.2, -0.15) is 0 Å². The van der Waals surface area contributed by atoms with Crippen LogP contribution in [0.25, 0.3) is 10.4 Å². The zero-order valence-corrected chi connectivity index (χ0v) is 17.6. The van der Waals surface area contributed by atoms with E-state index in [9.17, 15) is 9.36 Å². The van der Waals surface area contributed by atoms with Gasteiger partial charge in [0.1, 0.15) is 0 Å². The zero-order valence-electron chi connectivity index (χ0n) is 16.8. The Morgan fingerprint density at radius 3 is 2.37 bits per heavy atom. The van der Waals surface area contributed by atoms with E-state index in [0.717, 1.165) is 12.8 Å². The largest absolute Gasteiger partial charge is 0.369 e. The molecule has 27 heavy (non-hydrogen) atoms. The van der Waals surface area contributed by atoms with Gasteiger partial charge in [-0.1, -0.05) is 19.0 Å². The highest BCUT2D eigenvalue weighted by Gasteiger charge is 2.41. The third-order valence-corrected chi connectivity index (χ3v) is 6.55. The molecule has 1 aliphatic rings. The number of nitrogens with zero attached hydrogens (tertiary/aromatic N) is 3. The molecule has 154 valence electrons. The molecule has 0 saturated heterocycles. The monoisotopic (exact) mass is 402 g/mol. The van der Waals surface area contributed by atoms with Crippen molar-refractivity contribution < 1.29 is 23.1 Å². The third-order valence-electron chi connectivity index (χ3n) is 4.32. The smallest absolute Gasteiger partial charge is 0.357 e. The molecule has 0 spiro atoms. The van der Waals surface area contributed by atoms with Crippen molar-refractivity contribution in [1.82, 2.24) is 5.32 Å². The standard InChI is InChI=1S/C17H31N4O5P/c1-6-13(7-2)26-16-11-14(27(23,24-8-3)25-9-4)10-15(20-21-18)17(16)19-12(5)22/h11,13,15-17H,6-10H2,1-5H3,(H,19,22)/t15-,16+,17+/m0/s1. The first-order chi connectivity index (χ1) is 12.8. The number of carbonyl (C=O) groups is 1. The Morgan fingerprint density at radius 1 is 1.33 bits per heavy atom. The number of carbonyl (C=O) groups excluding carboxylic acids is 1. The number of hydrogen-bond donors (Lipinski definition) is 1. The lowest BCUT2D eigenvalue weighted by molar-refractivity contribution is -0.121. The molecule has 0 aliphatic heterocycles. The number of hydrogen-bond acceptors (Lipinski definition) is 6. The van der Waals surface area contributed by atoms with E-state index >= 15 is 0 Å². The maximum Gasteiger partial charge on any atom is 0.357 e. The van der Waals surface area contributed by atoms with Crippen molar-refractivity contribution in [2.45, 2.75) is 78.2 Å². The van der Waals surface area contributed by atoms with Crippen LogP contribution < -0.4 is 5.32 Å². The number of rotatable bonds is 11. The third kappa shape index (κ3) is 6.63. The summed E-state index contributed by atoms with van der Waals surface area (Å²) >= 11 is 0. The lowest BCUT2D eigenvalue weighted by Crippen LogP contribution is -2.52. The maximum atomic E-state index is 13.2. The second kappa shape index (κ2) is 11.5. The molecule has 1 N–H and O–H groups in total. The average molecular weight is 402 g/mol. The van der Waals surface area contributed by atoms with Gasteiger partial charge in [-0.25, -0.2) is 0 Å². The van der Waals surface area contributed by atoms with Crippen LogP contribution in [-0.2, 0) is 23.1 Å². The minimum absolute atomic E-state index is 0.0489. The Kier molecular flexibility index (Phi) is 10.1. The lowest BCUT2D eigenvalue weighted by Gasteiger charge is -2.38. The molecular formula is C17H31N4O5P. The van der Waals surface area contributed by atoms with Gasteiger partial charge in [-0.3, -0.25) is 9.36 Å². The van der Waals surface area contributed by atoms with Crippen molar-refractivity contribution in [3.8, 4) is 0 Å². The first-order valence-corrected chi connectivity index (χ1v) is 11.0. The Hall–Kier alpha value is -1.37. The minimum atomic E-state index is -3.53. The minimum Gasteiger partial charge on any atom is -0.369 e. The van der Waals surface area contributed by atoms with Crippen LogP contribution in [0.4, 0.5) is 0 Å². The van der Waals surface area contributed by atoms with E-state index in [4.69, 9.17) is 19.3 Å². The summed E-state index contributed by atoms with van der Waals surface area (Å²) in [6.45, 7) is 9.31. The van der Waals surface area contributed by atoms with Gasteiger partial charge >= 0.3 is 7.60 Å². The van der Waals surface area contributed by atoms with Gasteiger partial charge in [0.15, 0.2) is 0 Å². The summed E-state index contributed by atoms with van der Waals surface area (Å²) in [5, 5.41) is 7.05. The van der Waals surface area contributed by atoms with Crippen molar-refractivity contribution in [1.29, 1.82) is 0 Å². The highest BCUT2D eigenvalue weighted by atomic mass is 31.2. The predicted molar refractivity (Wildman–Crippen MR) is 103 cm³/mol. The molecule has 3 atom stereocenters. The van der Waals surface area contributed by atoms with Crippen molar-refractivity contribution in [3.63, 3.8) is 0 Å². The molecule has 1 amide bonds. The predicted octanol–water partition coefficient (Wildman–Crippen LogP) is 4.30. The summed E-state index contributed by atoms with van der Waals surface area (Å²) in [5.41, 5.74) is 8.98. The first-order valence-electron chi connectivity index (χ1n) is 9.42. The lowest BCUT2D eigenvalue weighted by atomic mass is 9.93. The number of azide groups is 1. The number of amides is 1. The summed E-state index contributed by atoms with van der Waals surface area (Å²) in [5.74, 6) is -0.258. The summed E-state index contributed by atoms with van der Waals surface area (Å²) < 4.78 is 30.3. The van der Waals surface area contributed by atoms with E-state index in [1.807, 2.05) is 13.8 Å². The Labute approximate surface area is 161 Å². The van der Waals surface area contributed by atoms with Gasteiger partial charge in [-0.15, -0.1) is 0 Å². The molecule has 0 aromatic rings. The summed E-state index contributed by atoms with van der Waals surface area (Å²) in [4.78, 5) is 14.6. The van der Waals surface area contributed by atoms with Crippen LogP contribution >= 0.6 is 7.60 Å². The molecule has 1 aliphatic carbocycles. The van der Waals surface area contributed by atoms with Crippen molar-refractivity contribution in [2.75, 3.05) is 13.2 Å². The van der Waals surface area contributed by atoms with Gasteiger partial charge in [-0.05, 0) is 44.7 Å². The fraction of sp³-hybridized carbons (Fsp3) is 0.824. The van der Waals surface area contributed by atoms with Crippen LogP contribution in [0.3, 0.4) is 0 Å². The Bertz CT molecular complexity index is 606. The molecule has 0 saturated carbocycles. The maximum absolute atomic E-state index is 13.2. The van der Waals surface area contributed by atoms with Crippen LogP contribution in [-0.4, -0.2) is 43.4 Å². The quantitative estimate of drug-likeness (QED) is 0.239. The Balaban J connectivity index is 3.37. The van der Waals surface area contributed by atoms with E-state index in [1.165, 1.54) is 6.92 Å². The van der Waals surface area contributed by atoms with Gasteiger partial charge in [0.2, 0.25) is 5.91 Å². The molecule has 0 fully saturated rings. The molecule has 1 rings (SSSR count). The van der Waals surface area contributed by atoms with E-state index in [1.54, 1.807) is 19.9 Å². The summed E-state index contributed by atoms with van der Waals surface area (Å²) in [6.07, 6.45) is 2.77. The molecule has 9 nitrogen and oxygen atoms in total. The Morgan fingerprint density at radius 2 is 1.93 bits per heavy atom. The molecule has 0 radical (unpaired) electrons. The van der Waals surface area contributed by atoms with Crippen LogP contribution in [0.15, 0.2) is 16.5 Å². The summed E-state index contributed by atoms with van der Waals surface area (Å²) in [6, 6.07) is -1.22. The second-order valence-electron chi connectivity index (χ2n) is 6.23. The van der Waals surface area contributed by atoms with E-state index < -0.39 is 25.8 Å². The van der Waals surface area contributed by atoms with Crippen molar-refractivity contribution >= 4 is 13.5 Å². The second-order valence-corrected chi connectivity index (χ2v) is 8.32. The van der Waals surface area contributed by atoms with E-state index in [0.29, 0.717) is 5.31 Å². The van der Waals surface area contributed by atoms with Gasteiger partial charge in [0, 0.05) is 17.1 Å². The van der Waals surface area contributed by atoms with Crippen LogP contribution in [0.2, 0.25) is 0 Å². The first kappa shape index (κ1) is 23.7. The van der Waals surface area contributed by atoms with Crippen molar-refractivity contribution in [3.05, 3.63) is 21.8 Å². The zero-order chi connectivity index (χ0) is 20.4. The number of ether oxygens (including phenoxy) is 1. The highest BCUT2D eigenvalue weighted by molar-refractivity contribution is 7.58. The summed E-state index contributed by atoms with van der Waals surface area (Å²) in [7, 11) is -3.53. The van der Waals surface area contributed by atoms with Gasteiger partial charge < -0.3 is 19.1 Å². The average Bonchev–Trinajstić information content (AvgIpc) is 2.61. The van der Waals surface area contributed by atoms with Crippen LogP contribution in [0.5, 0.6) is 0 Å². The van der Waals surface area contributed by atoms with Gasteiger partial charge in [0.25, 0.3) is 0 Å². The van der Waals surface area contributed by atoms with Crippen LogP contribution in [0, 0.1) is 0 Å². The van der Waals surface area contributed by atoms with E-state index in [2.05, 4.69) is 15.3 Å². The topological polar surface area (TPSA) is 123 Å².